The number of nitrogens with zero attached hydrogens (tertiary/aromatic N) is 2. The summed E-state index contributed by atoms with van der Waals surface area (Å²) in [7, 11) is 0. The zero-order chi connectivity index (χ0) is 12.7. The van der Waals surface area contributed by atoms with E-state index in [9.17, 15) is 0 Å². The molecule has 0 spiro atoms. The van der Waals surface area contributed by atoms with E-state index < -0.39 is 0 Å². The van der Waals surface area contributed by atoms with Gasteiger partial charge in [-0.3, -0.25) is 4.90 Å². The second-order valence-corrected chi connectivity index (χ2v) is 6.81. The molecule has 2 heterocycles. The van der Waals surface area contributed by atoms with Crippen LogP contribution in [0.5, 0.6) is 0 Å². The first-order valence-corrected chi connectivity index (χ1v) is 7.95. The monoisotopic (exact) mass is 265 g/mol. The summed E-state index contributed by atoms with van der Waals surface area (Å²) in [6, 6.07) is 2.67. The Labute approximate surface area is 114 Å². The molecule has 1 aliphatic carbocycles. The first-order chi connectivity index (χ1) is 8.63. The predicted octanol–water partition coefficient (Wildman–Crippen LogP) is 2.73. The summed E-state index contributed by atoms with van der Waals surface area (Å²) >= 11 is 1.77. The molecule has 0 bridgehead atoms. The van der Waals surface area contributed by atoms with E-state index in [2.05, 4.69) is 41.4 Å². The largest absolute Gasteiger partial charge is 0.304 e. The summed E-state index contributed by atoms with van der Waals surface area (Å²) in [6.07, 6.45) is 4.11. The standard InChI is InChI=1S/C14H23N3S/c1-9-8-18-14(15-9)11(3)16-12-6-10(2)17(7-12)13-4-5-13/h8,10-13,16H,4-7H2,1-3H3. The van der Waals surface area contributed by atoms with Gasteiger partial charge in [0.15, 0.2) is 0 Å². The molecule has 2 aliphatic rings. The molecule has 0 aromatic carbocycles. The lowest BCUT2D eigenvalue weighted by Crippen LogP contribution is -2.35. The Morgan fingerprint density at radius 2 is 2.28 bits per heavy atom. The van der Waals surface area contributed by atoms with Crippen LogP contribution in [0.15, 0.2) is 5.38 Å². The lowest BCUT2D eigenvalue weighted by Gasteiger charge is -2.20. The number of aryl methyl sites for hydroxylation is 1. The van der Waals surface area contributed by atoms with E-state index in [0.29, 0.717) is 12.1 Å². The molecule has 18 heavy (non-hydrogen) atoms. The van der Waals surface area contributed by atoms with Crippen molar-refractivity contribution in [1.82, 2.24) is 15.2 Å². The first-order valence-electron chi connectivity index (χ1n) is 7.07. The minimum absolute atomic E-state index is 0.389. The van der Waals surface area contributed by atoms with Gasteiger partial charge < -0.3 is 5.32 Å². The third-order valence-corrected chi connectivity index (χ3v) is 5.28. The average Bonchev–Trinajstić information content (AvgIpc) is 2.97. The van der Waals surface area contributed by atoms with Crippen LogP contribution in [0.3, 0.4) is 0 Å². The summed E-state index contributed by atoms with van der Waals surface area (Å²) < 4.78 is 0. The van der Waals surface area contributed by atoms with Crippen LogP contribution in [0.4, 0.5) is 0 Å². The normalized spacial score (nSPS) is 30.8. The molecular formula is C14H23N3S. The number of hydrogen-bond acceptors (Lipinski definition) is 4. The Hall–Kier alpha value is -0.450. The zero-order valence-electron chi connectivity index (χ0n) is 11.5. The van der Waals surface area contributed by atoms with Crippen molar-refractivity contribution >= 4 is 11.3 Å². The lowest BCUT2D eigenvalue weighted by atomic mass is 10.1. The van der Waals surface area contributed by atoms with Crippen molar-refractivity contribution in [2.75, 3.05) is 6.54 Å². The molecule has 3 atom stereocenters. The van der Waals surface area contributed by atoms with E-state index in [1.165, 1.54) is 30.8 Å². The lowest BCUT2D eigenvalue weighted by molar-refractivity contribution is 0.254. The van der Waals surface area contributed by atoms with Gasteiger partial charge in [0.1, 0.15) is 5.01 Å². The van der Waals surface area contributed by atoms with Crippen molar-refractivity contribution in [2.45, 2.75) is 64.2 Å². The minimum atomic E-state index is 0.389. The van der Waals surface area contributed by atoms with Gasteiger partial charge in [-0.15, -0.1) is 11.3 Å². The highest BCUT2D eigenvalue weighted by atomic mass is 32.1. The summed E-state index contributed by atoms with van der Waals surface area (Å²) in [6.45, 7) is 7.90. The fourth-order valence-electron chi connectivity index (χ4n) is 3.09. The third kappa shape index (κ3) is 2.60. The molecule has 4 heteroatoms. The SMILES string of the molecule is Cc1csc(C(C)NC2CC(C)N(C3CC3)C2)n1. The highest BCUT2D eigenvalue weighted by Gasteiger charge is 2.39. The van der Waals surface area contributed by atoms with Crippen molar-refractivity contribution in [3.63, 3.8) is 0 Å². The zero-order valence-corrected chi connectivity index (χ0v) is 12.3. The fraction of sp³-hybridized carbons (Fsp3) is 0.786. The summed E-state index contributed by atoms with van der Waals surface area (Å²) in [4.78, 5) is 7.27. The third-order valence-electron chi connectivity index (χ3n) is 4.13. The maximum absolute atomic E-state index is 4.58. The molecule has 1 saturated heterocycles. The summed E-state index contributed by atoms with van der Waals surface area (Å²) in [5.41, 5.74) is 1.14. The Morgan fingerprint density at radius 1 is 1.50 bits per heavy atom. The number of rotatable bonds is 4. The second kappa shape index (κ2) is 4.91. The van der Waals surface area contributed by atoms with Crippen molar-refractivity contribution in [3.05, 3.63) is 16.1 Å². The molecule has 1 aromatic rings. The van der Waals surface area contributed by atoms with Gasteiger partial charge in [0.2, 0.25) is 0 Å². The molecule has 1 N–H and O–H groups in total. The van der Waals surface area contributed by atoms with Crippen molar-refractivity contribution < 1.29 is 0 Å². The molecule has 1 aliphatic heterocycles. The van der Waals surface area contributed by atoms with E-state index in [4.69, 9.17) is 0 Å². The molecule has 1 saturated carbocycles. The quantitative estimate of drug-likeness (QED) is 0.907. The van der Waals surface area contributed by atoms with E-state index in [1.54, 1.807) is 11.3 Å². The Balaban J connectivity index is 1.57. The molecule has 3 unspecified atom stereocenters. The molecule has 0 amide bonds. The number of nitrogens with one attached hydrogen (secondary N) is 1. The van der Waals surface area contributed by atoms with Gasteiger partial charge in [-0.2, -0.15) is 0 Å². The van der Waals surface area contributed by atoms with Crippen LogP contribution >= 0.6 is 11.3 Å². The molecule has 100 valence electrons. The van der Waals surface area contributed by atoms with E-state index in [-0.39, 0.29) is 0 Å². The van der Waals surface area contributed by atoms with Gasteiger partial charge in [0.25, 0.3) is 0 Å². The van der Waals surface area contributed by atoms with Gasteiger partial charge in [0.05, 0.1) is 6.04 Å². The van der Waals surface area contributed by atoms with Crippen molar-refractivity contribution in [3.8, 4) is 0 Å². The van der Waals surface area contributed by atoms with Crippen LogP contribution < -0.4 is 5.32 Å². The minimum Gasteiger partial charge on any atom is -0.304 e. The highest BCUT2D eigenvalue weighted by Crippen LogP contribution is 2.33. The van der Waals surface area contributed by atoms with E-state index in [1.807, 2.05) is 0 Å². The van der Waals surface area contributed by atoms with Crippen molar-refractivity contribution in [2.24, 2.45) is 0 Å². The topological polar surface area (TPSA) is 28.2 Å². The number of hydrogen-bond donors (Lipinski definition) is 1. The van der Waals surface area contributed by atoms with Crippen LogP contribution in [-0.4, -0.2) is 34.6 Å². The Bertz CT molecular complexity index is 413. The summed E-state index contributed by atoms with van der Waals surface area (Å²) in [5.74, 6) is 0. The van der Waals surface area contributed by atoms with Crippen LogP contribution in [0.25, 0.3) is 0 Å². The van der Waals surface area contributed by atoms with Crippen LogP contribution in [-0.2, 0) is 0 Å². The molecular weight excluding hydrogens is 242 g/mol. The Morgan fingerprint density at radius 3 is 2.89 bits per heavy atom. The van der Waals surface area contributed by atoms with Crippen LogP contribution in [0, 0.1) is 6.92 Å². The van der Waals surface area contributed by atoms with Gasteiger partial charge in [0, 0.05) is 35.7 Å². The Kier molecular flexibility index (Phi) is 3.43. The van der Waals surface area contributed by atoms with Crippen LogP contribution in [0.2, 0.25) is 0 Å². The van der Waals surface area contributed by atoms with Gasteiger partial charge in [-0.25, -0.2) is 4.98 Å². The summed E-state index contributed by atoms with van der Waals surface area (Å²) in [5, 5.41) is 7.12. The van der Waals surface area contributed by atoms with Crippen molar-refractivity contribution in [1.29, 1.82) is 0 Å². The maximum Gasteiger partial charge on any atom is 0.110 e. The van der Waals surface area contributed by atoms with Gasteiger partial charge in [-0.1, -0.05) is 0 Å². The van der Waals surface area contributed by atoms with Crippen LogP contribution in [0.1, 0.15) is 49.9 Å². The maximum atomic E-state index is 4.58. The molecule has 3 rings (SSSR count). The molecule has 1 aromatic heterocycles. The van der Waals surface area contributed by atoms with E-state index >= 15 is 0 Å². The smallest absolute Gasteiger partial charge is 0.110 e. The average molecular weight is 265 g/mol. The molecule has 0 radical (unpaired) electrons. The van der Waals surface area contributed by atoms with Gasteiger partial charge in [-0.05, 0) is 40.0 Å². The molecule has 3 nitrogen and oxygen atoms in total. The number of thiazole rings is 1. The second-order valence-electron chi connectivity index (χ2n) is 5.93. The molecule has 2 fully saturated rings. The van der Waals surface area contributed by atoms with Gasteiger partial charge >= 0.3 is 0 Å². The fourth-order valence-corrected chi connectivity index (χ4v) is 3.90. The van der Waals surface area contributed by atoms with E-state index in [0.717, 1.165) is 17.8 Å². The highest BCUT2D eigenvalue weighted by molar-refractivity contribution is 7.09. The first kappa shape index (κ1) is 12.6. The number of likely N-dealkylation sites (tertiary alicyclic amines) is 1. The number of aromatic nitrogens is 1. The predicted molar refractivity (Wildman–Crippen MR) is 76.0 cm³/mol.